The number of thiazole rings is 1. The standard InChI is InChI=1S/C15H13FN4O2S/c16-10-5-4-9-2-1-3-12(11(9)8-10)17-13-14(20(21)22)19-6-7-23-15(19)18-13/h4-8,12,17H,1-3H2. The third-order valence-corrected chi connectivity index (χ3v) is 4.90. The van der Waals surface area contributed by atoms with Gasteiger partial charge in [0, 0.05) is 5.38 Å². The van der Waals surface area contributed by atoms with Gasteiger partial charge >= 0.3 is 5.82 Å². The minimum atomic E-state index is -0.440. The lowest BCUT2D eigenvalue weighted by Gasteiger charge is -2.26. The maximum Gasteiger partial charge on any atom is 0.372 e. The largest absolute Gasteiger partial charge is 0.372 e. The van der Waals surface area contributed by atoms with E-state index in [2.05, 4.69) is 10.3 Å². The number of anilines is 1. The van der Waals surface area contributed by atoms with Crippen LogP contribution in [0, 0.1) is 15.9 Å². The van der Waals surface area contributed by atoms with E-state index in [1.807, 2.05) is 0 Å². The molecule has 6 nitrogen and oxygen atoms in total. The number of aryl methyl sites for hydroxylation is 1. The third-order valence-electron chi connectivity index (χ3n) is 4.14. The number of imidazole rings is 1. The molecular formula is C15H13FN4O2S. The zero-order valence-electron chi connectivity index (χ0n) is 12.0. The minimum absolute atomic E-state index is 0.0789. The van der Waals surface area contributed by atoms with Gasteiger partial charge in [0.25, 0.3) is 4.96 Å². The Morgan fingerprint density at radius 2 is 2.35 bits per heavy atom. The van der Waals surface area contributed by atoms with Crippen LogP contribution in [0.3, 0.4) is 0 Å². The van der Waals surface area contributed by atoms with Crippen molar-refractivity contribution in [1.82, 2.24) is 9.38 Å². The summed E-state index contributed by atoms with van der Waals surface area (Å²) in [6, 6.07) is 4.59. The van der Waals surface area contributed by atoms with Gasteiger partial charge in [-0.05, 0) is 47.4 Å². The van der Waals surface area contributed by atoms with Crippen molar-refractivity contribution < 1.29 is 9.31 Å². The Morgan fingerprint density at radius 1 is 1.48 bits per heavy atom. The summed E-state index contributed by atoms with van der Waals surface area (Å²) in [6.07, 6.45) is 4.27. The van der Waals surface area contributed by atoms with Crippen LogP contribution in [0.1, 0.15) is 30.0 Å². The summed E-state index contributed by atoms with van der Waals surface area (Å²) in [4.78, 5) is 15.8. The van der Waals surface area contributed by atoms with E-state index in [0.717, 1.165) is 30.4 Å². The van der Waals surface area contributed by atoms with Crippen LogP contribution < -0.4 is 5.32 Å². The van der Waals surface area contributed by atoms with E-state index < -0.39 is 4.92 Å². The average molecular weight is 332 g/mol. The van der Waals surface area contributed by atoms with Crippen LogP contribution >= 0.6 is 11.3 Å². The molecule has 118 valence electrons. The first-order valence-corrected chi connectivity index (χ1v) is 8.16. The fraction of sp³-hybridized carbons (Fsp3) is 0.267. The molecule has 4 rings (SSSR count). The second-order valence-corrected chi connectivity index (χ2v) is 6.40. The summed E-state index contributed by atoms with van der Waals surface area (Å²) < 4.78 is 15.0. The Labute approximate surface area is 134 Å². The molecule has 0 aliphatic heterocycles. The molecule has 0 saturated heterocycles. The molecular weight excluding hydrogens is 319 g/mol. The van der Waals surface area contributed by atoms with E-state index in [1.54, 1.807) is 17.6 Å². The molecule has 1 aliphatic rings. The smallest absolute Gasteiger partial charge is 0.358 e. The monoisotopic (exact) mass is 332 g/mol. The van der Waals surface area contributed by atoms with Crippen molar-refractivity contribution >= 4 is 27.9 Å². The second-order valence-electron chi connectivity index (χ2n) is 5.53. The normalized spacial score (nSPS) is 17.2. The molecule has 0 bridgehead atoms. The maximum absolute atomic E-state index is 13.6. The van der Waals surface area contributed by atoms with E-state index in [-0.39, 0.29) is 23.5 Å². The lowest BCUT2D eigenvalue weighted by Crippen LogP contribution is -2.18. The van der Waals surface area contributed by atoms with Crippen LogP contribution in [0.15, 0.2) is 29.8 Å². The van der Waals surface area contributed by atoms with Crippen molar-refractivity contribution in [2.24, 2.45) is 0 Å². The molecule has 8 heteroatoms. The number of fused-ring (bicyclic) bond motifs is 2. The first kappa shape index (κ1) is 14.1. The van der Waals surface area contributed by atoms with Crippen LogP contribution in [0.5, 0.6) is 0 Å². The first-order chi connectivity index (χ1) is 11.1. The van der Waals surface area contributed by atoms with Crippen LogP contribution in [0.25, 0.3) is 4.96 Å². The van der Waals surface area contributed by atoms with Crippen molar-refractivity contribution in [3.8, 4) is 0 Å². The fourth-order valence-corrected chi connectivity index (χ4v) is 3.84. The predicted octanol–water partition coefficient (Wildman–Crippen LogP) is 3.93. The van der Waals surface area contributed by atoms with Gasteiger partial charge in [-0.2, -0.15) is 9.38 Å². The third kappa shape index (κ3) is 2.35. The molecule has 0 spiro atoms. The highest BCUT2D eigenvalue weighted by molar-refractivity contribution is 7.15. The quantitative estimate of drug-likeness (QED) is 0.582. The molecule has 1 aromatic carbocycles. The maximum atomic E-state index is 13.6. The van der Waals surface area contributed by atoms with Gasteiger partial charge < -0.3 is 15.4 Å². The molecule has 1 atom stereocenters. The van der Waals surface area contributed by atoms with Gasteiger partial charge in [-0.25, -0.2) is 4.39 Å². The van der Waals surface area contributed by atoms with Gasteiger partial charge in [0.1, 0.15) is 12.0 Å². The van der Waals surface area contributed by atoms with Crippen LogP contribution in [-0.4, -0.2) is 14.3 Å². The number of nitrogens with one attached hydrogen (secondary N) is 1. The summed E-state index contributed by atoms with van der Waals surface area (Å²) in [5, 5.41) is 16.3. The lowest BCUT2D eigenvalue weighted by molar-refractivity contribution is -0.389. The van der Waals surface area contributed by atoms with Crippen molar-refractivity contribution in [3.63, 3.8) is 0 Å². The predicted molar refractivity (Wildman–Crippen MR) is 85.4 cm³/mol. The number of aromatic nitrogens is 2. The summed E-state index contributed by atoms with van der Waals surface area (Å²) >= 11 is 1.34. The topological polar surface area (TPSA) is 72.5 Å². The second kappa shape index (κ2) is 5.31. The molecule has 0 saturated carbocycles. The van der Waals surface area contributed by atoms with Crippen molar-refractivity contribution in [1.29, 1.82) is 0 Å². The highest BCUT2D eigenvalue weighted by atomic mass is 32.1. The van der Waals surface area contributed by atoms with Gasteiger partial charge in [0.2, 0.25) is 5.82 Å². The molecule has 1 N–H and O–H groups in total. The summed E-state index contributed by atoms with van der Waals surface area (Å²) in [6.45, 7) is 0. The van der Waals surface area contributed by atoms with Crippen LogP contribution in [-0.2, 0) is 6.42 Å². The van der Waals surface area contributed by atoms with Crippen molar-refractivity contribution in [3.05, 3.63) is 56.8 Å². The van der Waals surface area contributed by atoms with Crippen LogP contribution in [0.2, 0.25) is 0 Å². The molecule has 1 unspecified atom stereocenters. The molecule has 0 fully saturated rings. The molecule has 2 heterocycles. The van der Waals surface area contributed by atoms with Crippen molar-refractivity contribution in [2.45, 2.75) is 25.3 Å². The van der Waals surface area contributed by atoms with Gasteiger partial charge in [-0.15, -0.1) is 0 Å². The Balaban J connectivity index is 1.75. The number of nitrogens with zero attached hydrogens (tertiary/aromatic N) is 3. The van der Waals surface area contributed by atoms with Gasteiger partial charge in [-0.3, -0.25) is 0 Å². The number of halogens is 1. The Bertz CT molecular complexity index is 904. The molecule has 2 aromatic heterocycles. The van der Waals surface area contributed by atoms with E-state index in [0.29, 0.717) is 4.96 Å². The van der Waals surface area contributed by atoms with Gasteiger partial charge in [-0.1, -0.05) is 17.4 Å². The highest BCUT2D eigenvalue weighted by Crippen LogP contribution is 2.36. The minimum Gasteiger partial charge on any atom is -0.358 e. The number of benzene rings is 1. The molecule has 23 heavy (non-hydrogen) atoms. The summed E-state index contributed by atoms with van der Waals surface area (Å²) in [7, 11) is 0. The van der Waals surface area contributed by atoms with Crippen molar-refractivity contribution in [2.75, 3.05) is 5.32 Å². The number of nitro groups is 1. The van der Waals surface area contributed by atoms with Gasteiger partial charge in [0.15, 0.2) is 0 Å². The van der Waals surface area contributed by atoms with E-state index in [9.17, 15) is 14.5 Å². The summed E-state index contributed by atoms with van der Waals surface area (Å²) in [5.74, 6) is -0.133. The summed E-state index contributed by atoms with van der Waals surface area (Å²) in [5.41, 5.74) is 1.95. The highest BCUT2D eigenvalue weighted by Gasteiger charge is 2.28. The lowest BCUT2D eigenvalue weighted by atomic mass is 9.87. The Hall–Kier alpha value is -2.48. The molecule has 1 aliphatic carbocycles. The molecule has 0 radical (unpaired) electrons. The number of rotatable bonds is 3. The average Bonchev–Trinajstić information content (AvgIpc) is 3.07. The van der Waals surface area contributed by atoms with E-state index >= 15 is 0 Å². The zero-order valence-corrected chi connectivity index (χ0v) is 12.8. The Kier molecular flexibility index (Phi) is 3.26. The van der Waals surface area contributed by atoms with Crippen LogP contribution in [0.4, 0.5) is 16.0 Å². The zero-order chi connectivity index (χ0) is 16.0. The first-order valence-electron chi connectivity index (χ1n) is 7.28. The van der Waals surface area contributed by atoms with Gasteiger partial charge in [0.05, 0.1) is 6.04 Å². The fourth-order valence-electron chi connectivity index (χ4n) is 3.13. The van der Waals surface area contributed by atoms with E-state index in [4.69, 9.17) is 0 Å². The Morgan fingerprint density at radius 3 is 3.17 bits per heavy atom. The van der Waals surface area contributed by atoms with E-state index in [1.165, 1.54) is 27.9 Å². The molecule has 0 amide bonds. The molecule has 3 aromatic rings. The SMILES string of the molecule is O=[N+]([O-])c1c(NC2CCCc3ccc(F)cc32)nc2sccn12. The number of hydrogen-bond donors (Lipinski definition) is 1. The number of hydrogen-bond acceptors (Lipinski definition) is 5.